The van der Waals surface area contributed by atoms with Crippen LogP contribution >= 0.6 is 0 Å². The molecule has 3 heteroatoms. The number of fused-ring (bicyclic) bond motifs is 2. The molecule has 0 aromatic heterocycles. The zero-order chi connectivity index (χ0) is 8.55. The van der Waals surface area contributed by atoms with Gasteiger partial charge in [0.2, 0.25) is 0 Å². The highest BCUT2D eigenvalue weighted by Gasteiger charge is 2.35. The van der Waals surface area contributed by atoms with Crippen LogP contribution in [0.4, 0.5) is 0 Å². The molecule has 1 saturated carbocycles. The van der Waals surface area contributed by atoms with Crippen molar-refractivity contribution in [3.8, 4) is 0 Å². The summed E-state index contributed by atoms with van der Waals surface area (Å²) >= 11 is 0. The highest BCUT2D eigenvalue weighted by molar-refractivity contribution is 5.70. The molecule has 68 valence electrons. The van der Waals surface area contributed by atoms with Crippen LogP contribution in [0.1, 0.15) is 19.3 Å². The lowest BCUT2D eigenvalue weighted by Crippen LogP contribution is -2.36. The van der Waals surface area contributed by atoms with Gasteiger partial charge in [-0.15, -0.1) is 0 Å². The van der Waals surface area contributed by atoms with Gasteiger partial charge in [0.05, 0.1) is 5.92 Å². The van der Waals surface area contributed by atoms with E-state index in [9.17, 15) is 4.79 Å². The molecule has 1 saturated heterocycles. The maximum absolute atomic E-state index is 10.7. The Kier molecular flexibility index (Phi) is 2.05. The van der Waals surface area contributed by atoms with Crippen molar-refractivity contribution >= 4 is 5.97 Å². The van der Waals surface area contributed by atoms with Crippen LogP contribution < -0.4 is 0 Å². The number of rotatable bonds is 1. The van der Waals surface area contributed by atoms with Crippen molar-refractivity contribution in [2.75, 3.05) is 13.2 Å². The molecule has 12 heavy (non-hydrogen) atoms. The van der Waals surface area contributed by atoms with E-state index in [0.717, 1.165) is 26.1 Å². The summed E-state index contributed by atoms with van der Waals surface area (Å²) in [5, 5.41) is 8.85. The molecular formula is C9H14O3. The molecule has 2 aliphatic rings. The molecule has 3 atom stereocenters. The van der Waals surface area contributed by atoms with Gasteiger partial charge in [-0.05, 0) is 31.1 Å². The first-order valence-electron chi connectivity index (χ1n) is 4.56. The maximum Gasteiger partial charge on any atom is 0.306 e. The third kappa shape index (κ3) is 1.46. The molecule has 0 amide bonds. The third-order valence-corrected chi connectivity index (χ3v) is 2.96. The van der Waals surface area contributed by atoms with Gasteiger partial charge in [0.1, 0.15) is 0 Å². The summed E-state index contributed by atoms with van der Waals surface area (Å²) < 4.78 is 5.37. The molecule has 0 radical (unpaired) electrons. The van der Waals surface area contributed by atoms with E-state index in [-0.39, 0.29) is 5.92 Å². The van der Waals surface area contributed by atoms with Crippen LogP contribution in [-0.4, -0.2) is 24.3 Å². The molecule has 1 aliphatic heterocycles. The van der Waals surface area contributed by atoms with E-state index < -0.39 is 5.97 Å². The molecule has 3 nitrogen and oxygen atoms in total. The van der Waals surface area contributed by atoms with Crippen LogP contribution in [0.25, 0.3) is 0 Å². The average Bonchev–Trinajstić information content (AvgIpc) is 2.03. The van der Waals surface area contributed by atoms with Gasteiger partial charge in [-0.25, -0.2) is 0 Å². The Hall–Kier alpha value is -0.570. The molecule has 0 spiro atoms. The fourth-order valence-electron chi connectivity index (χ4n) is 2.44. The number of ether oxygens (including phenoxy) is 1. The molecular weight excluding hydrogens is 156 g/mol. The zero-order valence-corrected chi connectivity index (χ0v) is 7.03. The minimum Gasteiger partial charge on any atom is -0.481 e. The standard InChI is InChI=1S/C9H14O3/c10-9(11)8-2-6-1-7(3-8)5-12-4-6/h6-8H,1-5H2,(H,10,11)/t6-,7+,8?. The van der Waals surface area contributed by atoms with Gasteiger partial charge < -0.3 is 9.84 Å². The highest BCUT2D eigenvalue weighted by Crippen LogP contribution is 2.36. The number of carboxylic acid groups (broad SMARTS) is 1. The van der Waals surface area contributed by atoms with Crippen LogP contribution in [0.15, 0.2) is 0 Å². The second kappa shape index (κ2) is 3.05. The highest BCUT2D eigenvalue weighted by atomic mass is 16.5. The van der Waals surface area contributed by atoms with Crippen molar-refractivity contribution < 1.29 is 14.6 Å². The molecule has 1 unspecified atom stereocenters. The normalized spacial score (nSPS) is 40.8. The molecule has 1 N–H and O–H groups in total. The first kappa shape index (κ1) is 8.05. The van der Waals surface area contributed by atoms with Gasteiger partial charge in [-0.3, -0.25) is 4.79 Å². The topological polar surface area (TPSA) is 46.5 Å². The quantitative estimate of drug-likeness (QED) is 0.641. The lowest BCUT2D eigenvalue weighted by Gasteiger charge is -2.37. The zero-order valence-electron chi connectivity index (χ0n) is 7.03. The Morgan fingerprint density at radius 1 is 1.17 bits per heavy atom. The summed E-state index contributed by atoms with van der Waals surface area (Å²) in [4.78, 5) is 10.7. The lowest BCUT2D eigenvalue weighted by molar-refractivity contribution is -0.146. The van der Waals surface area contributed by atoms with Crippen molar-refractivity contribution in [2.24, 2.45) is 17.8 Å². The summed E-state index contributed by atoms with van der Waals surface area (Å²) in [6, 6.07) is 0. The fourth-order valence-corrected chi connectivity index (χ4v) is 2.44. The predicted octanol–water partition coefficient (Wildman–Crippen LogP) is 1.13. The molecule has 2 bridgehead atoms. The fraction of sp³-hybridized carbons (Fsp3) is 0.889. The number of carbonyl (C=O) groups is 1. The monoisotopic (exact) mass is 170 g/mol. The van der Waals surface area contributed by atoms with E-state index in [2.05, 4.69) is 0 Å². The van der Waals surface area contributed by atoms with E-state index >= 15 is 0 Å². The summed E-state index contributed by atoms with van der Waals surface area (Å²) in [5.41, 5.74) is 0. The van der Waals surface area contributed by atoms with Crippen LogP contribution in [0.2, 0.25) is 0 Å². The number of hydrogen-bond acceptors (Lipinski definition) is 2. The van der Waals surface area contributed by atoms with E-state index in [4.69, 9.17) is 9.84 Å². The Labute approximate surface area is 71.7 Å². The Bertz CT molecular complexity index is 178. The summed E-state index contributed by atoms with van der Waals surface area (Å²) in [7, 11) is 0. The SMILES string of the molecule is O=C(O)C1C[C@H]2COC[C@@H](C1)C2. The van der Waals surface area contributed by atoms with Crippen molar-refractivity contribution in [3.63, 3.8) is 0 Å². The van der Waals surface area contributed by atoms with Gasteiger partial charge >= 0.3 is 5.97 Å². The van der Waals surface area contributed by atoms with Crippen LogP contribution in [0.5, 0.6) is 0 Å². The van der Waals surface area contributed by atoms with Crippen LogP contribution in [-0.2, 0) is 9.53 Å². The van der Waals surface area contributed by atoms with Crippen molar-refractivity contribution in [3.05, 3.63) is 0 Å². The Balaban J connectivity index is 2.00. The molecule has 1 aliphatic carbocycles. The lowest BCUT2D eigenvalue weighted by atomic mass is 9.74. The summed E-state index contributed by atoms with van der Waals surface area (Å²) in [6.07, 6.45) is 2.83. The van der Waals surface area contributed by atoms with E-state index in [1.165, 1.54) is 6.42 Å². The van der Waals surface area contributed by atoms with Gasteiger partial charge in [0.25, 0.3) is 0 Å². The molecule has 2 rings (SSSR count). The third-order valence-electron chi connectivity index (χ3n) is 2.96. The first-order valence-corrected chi connectivity index (χ1v) is 4.56. The number of hydrogen-bond donors (Lipinski definition) is 1. The largest absolute Gasteiger partial charge is 0.481 e. The van der Waals surface area contributed by atoms with Gasteiger partial charge in [0, 0.05) is 13.2 Å². The van der Waals surface area contributed by atoms with E-state index in [0.29, 0.717) is 11.8 Å². The predicted molar refractivity (Wildman–Crippen MR) is 42.8 cm³/mol. The van der Waals surface area contributed by atoms with Crippen molar-refractivity contribution in [2.45, 2.75) is 19.3 Å². The van der Waals surface area contributed by atoms with Crippen molar-refractivity contribution in [1.29, 1.82) is 0 Å². The molecule has 1 heterocycles. The molecule has 2 fully saturated rings. The first-order chi connectivity index (χ1) is 5.75. The average molecular weight is 170 g/mol. The summed E-state index contributed by atoms with van der Waals surface area (Å²) in [5.74, 6) is 0.307. The summed E-state index contributed by atoms with van der Waals surface area (Å²) in [6.45, 7) is 1.56. The smallest absolute Gasteiger partial charge is 0.306 e. The second-order valence-corrected chi connectivity index (χ2v) is 4.01. The van der Waals surface area contributed by atoms with Crippen LogP contribution in [0.3, 0.4) is 0 Å². The number of carboxylic acids is 1. The Morgan fingerprint density at radius 3 is 2.25 bits per heavy atom. The van der Waals surface area contributed by atoms with E-state index in [1.54, 1.807) is 0 Å². The van der Waals surface area contributed by atoms with Gasteiger partial charge in [-0.2, -0.15) is 0 Å². The minimum absolute atomic E-state index is 0.0994. The maximum atomic E-state index is 10.7. The van der Waals surface area contributed by atoms with Crippen molar-refractivity contribution in [1.82, 2.24) is 0 Å². The molecule has 0 aromatic carbocycles. The Morgan fingerprint density at radius 2 is 1.75 bits per heavy atom. The van der Waals surface area contributed by atoms with Gasteiger partial charge in [-0.1, -0.05) is 0 Å². The number of aliphatic carboxylic acids is 1. The second-order valence-electron chi connectivity index (χ2n) is 4.01. The van der Waals surface area contributed by atoms with Gasteiger partial charge in [0.15, 0.2) is 0 Å². The minimum atomic E-state index is -0.619. The molecule has 0 aromatic rings. The van der Waals surface area contributed by atoms with E-state index in [1.807, 2.05) is 0 Å². The van der Waals surface area contributed by atoms with Crippen LogP contribution in [0, 0.1) is 17.8 Å².